The summed E-state index contributed by atoms with van der Waals surface area (Å²) >= 11 is 0. The van der Waals surface area contributed by atoms with Crippen LogP contribution in [0.1, 0.15) is 16.8 Å². The molecule has 2 aromatic heterocycles. The number of fused-ring (bicyclic) bond motifs is 1. The topological polar surface area (TPSA) is 99.0 Å². The molecular formula is C19H17N5O2. The van der Waals surface area contributed by atoms with E-state index in [2.05, 4.69) is 16.2 Å². The van der Waals surface area contributed by atoms with Gasteiger partial charge in [0.1, 0.15) is 17.5 Å². The quantitative estimate of drug-likeness (QED) is 0.765. The minimum atomic E-state index is 0.198. The van der Waals surface area contributed by atoms with Crippen molar-refractivity contribution in [3.05, 3.63) is 41.2 Å². The van der Waals surface area contributed by atoms with Crippen LogP contribution in [-0.2, 0) is 7.05 Å². The number of benzene rings is 1. The van der Waals surface area contributed by atoms with Gasteiger partial charge in [0.2, 0.25) is 6.79 Å². The van der Waals surface area contributed by atoms with Crippen molar-refractivity contribution in [2.24, 2.45) is 7.05 Å². The lowest BCUT2D eigenvalue weighted by Gasteiger charge is -2.14. The molecule has 1 aliphatic heterocycles. The minimum Gasteiger partial charge on any atom is -0.454 e. The Morgan fingerprint density at radius 2 is 2.00 bits per heavy atom. The number of nitrogens with zero attached hydrogens (tertiary/aromatic N) is 4. The summed E-state index contributed by atoms with van der Waals surface area (Å²) in [7, 11) is 1.85. The van der Waals surface area contributed by atoms with Gasteiger partial charge in [-0.2, -0.15) is 10.4 Å². The molecule has 0 spiro atoms. The molecule has 0 saturated carbocycles. The molecule has 0 bridgehead atoms. The van der Waals surface area contributed by atoms with E-state index < -0.39 is 0 Å². The molecule has 0 amide bonds. The molecule has 1 aliphatic rings. The fourth-order valence-corrected chi connectivity index (χ4v) is 3.31. The highest BCUT2D eigenvalue weighted by atomic mass is 16.7. The van der Waals surface area contributed by atoms with Gasteiger partial charge in [0.15, 0.2) is 11.5 Å². The third-order valence-electron chi connectivity index (χ3n) is 4.51. The number of ether oxygens (including phenoxy) is 2. The van der Waals surface area contributed by atoms with Crippen LogP contribution in [0.4, 0.5) is 5.82 Å². The molecule has 7 heteroatoms. The van der Waals surface area contributed by atoms with Crippen molar-refractivity contribution >= 4 is 5.82 Å². The van der Waals surface area contributed by atoms with Crippen molar-refractivity contribution in [3.63, 3.8) is 0 Å². The number of nitrogens with two attached hydrogens (primary N) is 1. The number of aromatic nitrogens is 3. The summed E-state index contributed by atoms with van der Waals surface area (Å²) in [5.74, 6) is 1.58. The molecule has 3 heterocycles. The van der Waals surface area contributed by atoms with E-state index in [1.54, 1.807) is 4.68 Å². The van der Waals surface area contributed by atoms with Gasteiger partial charge < -0.3 is 15.2 Å². The molecule has 0 saturated heterocycles. The van der Waals surface area contributed by atoms with Gasteiger partial charge >= 0.3 is 0 Å². The van der Waals surface area contributed by atoms with Gasteiger partial charge in [0.05, 0.1) is 11.4 Å². The van der Waals surface area contributed by atoms with E-state index in [-0.39, 0.29) is 12.6 Å². The van der Waals surface area contributed by atoms with Gasteiger partial charge in [-0.3, -0.25) is 4.68 Å². The van der Waals surface area contributed by atoms with Gasteiger partial charge in [0, 0.05) is 29.9 Å². The lowest BCUT2D eigenvalue weighted by atomic mass is 9.93. The zero-order valence-corrected chi connectivity index (χ0v) is 14.7. The monoisotopic (exact) mass is 347 g/mol. The molecule has 2 N–H and O–H groups in total. The average molecular weight is 347 g/mol. The van der Waals surface area contributed by atoms with Crippen LogP contribution >= 0.6 is 0 Å². The molecule has 0 atom stereocenters. The number of hydrogen-bond acceptors (Lipinski definition) is 6. The lowest BCUT2D eigenvalue weighted by molar-refractivity contribution is 0.174. The maximum atomic E-state index is 9.64. The number of hydrogen-bond donors (Lipinski definition) is 1. The van der Waals surface area contributed by atoms with Crippen LogP contribution in [0.25, 0.3) is 22.4 Å². The van der Waals surface area contributed by atoms with Crippen LogP contribution in [0, 0.1) is 25.2 Å². The molecule has 0 unspecified atom stereocenters. The van der Waals surface area contributed by atoms with Crippen molar-refractivity contribution in [2.45, 2.75) is 13.8 Å². The van der Waals surface area contributed by atoms with E-state index in [4.69, 9.17) is 15.2 Å². The van der Waals surface area contributed by atoms with Gasteiger partial charge in [-0.05, 0) is 37.6 Å². The average Bonchev–Trinajstić information content (AvgIpc) is 3.21. The number of anilines is 1. The van der Waals surface area contributed by atoms with Crippen LogP contribution in [0.2, 0.25) is 0 Å². The summed E-state index contributed by atoms with van der Waals surface area (Å²) in [6.45, 7) is 4.06. The van der Waals surface area contributed by atoms with Crippen molar-refractivity contribution in [2.75, 3.05) is 12.5 Å². The molecule has 0 radical (unpaired) electrons. The molecule has 26 heavy (non-hydrogen) atoms. The van der Waals surface area contributed by atoms with E-state index in [1.165, 1.54) is 0 Å². The zero-order valence-electron chi connectivity index (χ0n) is 14.7. The fourth-order valence-electron chi connectivity index (χ4n) is 3.31. The first kappa shape index (κ1) is 16.0. The summed E-state index contributed by atoms with van der Waals surface area (Å²) in [6, 6.07) is 7.83. The van der Waals surface area contributed by atoms with E-state index >= 15 is 0 Å². The Hall–Kier alpha value is -3.53. The van der Waals surface area contributed by atoms with Crippen LogP contribution in [0.5, 0.6) is 11.5 Å². The van der Waals surface area contributed by atoms with Gasteiger partial charge in [-0.1, -0.05) is 0 Å². The summed E-state index contributed by atoms with van der Waals surface area (Å²) in [5.41, 5.74) is 11.4. The predicted molar refractivity (Wildman–Crippen MR) is 96.6 cm³/mol. The number of nitrogen functional groups attached to an aromatic ring is 1. The van der Waals surface area contributed by atoms with E-state index in [0.29, 0.717) is 22.8 Å². The molecule has 4 rings (SSSR count). The van der Waals surface area contributed by atoms with E-state index in [1.807, 2.05) is 45.3 Å². The summed E-state index contributed by atoms with van der Waals surface area (Å²) in [5, 5.41) is 14.0. The molecule has 7 nitrogen and oxygen atoms in total. The normalized spacial score (nSPS) is 12.2. The smallest absolute Gasteiger partial charge is 0.231 e. The van der Waals surface area contributed by atoms with Crippen LogP contribution in [-0.4, -0.2) is 21.6 Å². The van der Waals surface area contributed by atoms with Gasteiger partial charge in [0.25, 0.3) is 0 Å². The highest BCUT2D eigenvalue weighted by Crippen LogP contribution is 2.40. The van der Waals surface area contributed by atoms with E-state index in [0.717, 1.165) is 27.9 Å². The SMILES string of the molecule is Cc1nn(C)cc1-c1c(C)c(-c2ccc3c(c2)OCO3)nc(N)c1C#N. The van der Waals surface area contributed by atoms with Gasteiger partial charge in [-0.25, -0.2) is 4.98 Å². The summed E-state index contributed by atoms with van der Waals surface area (Å²) in [4.78, 5) is 4.49. The molecule has 130 valence electrons. The first-order chi connectivity index (χ1) is 12.5. The number of pyridine rings is 1. The Bertz CT molecular complexity index is 1080. The van der Waals surface area contributed by atoms with Crippen LogP contribution in [0.3, 0.4) is 0 Å². The molecule has 1 aromatic carbocycles. The van der Waals surface area contributed by atoms with Gasteiger partial charge in [-0.15, -0.1) is 0 Å². The first-order valence-corrected chi connectivity index (χ1v) is 8.10. The van der Waals surface area contributed by atoms with E-state index in [9.17, 15) is 5.26 Å². The maximum Gasteiger partial charge on any atom is 0.231 e. The summed E-state index contributed by atoms with van der Waals surface area (Å²) < 4.78 is 12.6. The number of nitriles is 1. The summed E-state index contributed by atoms with van der Waals surface area (Å²) in [6.07, 6.45) is 1.89. The largest absolute Gasteiger partial charge is 0.454 e. The van der Waals surface area contributed by atoms with Crippen molar-refractivity contribution in [1.29, 1.82) is 5.26 Å². The second kappa shape index (κ2) is 5.77. The standard InChI is InChI=1S/C19H17N5O2/c1-10-17(14-8-24(3)23-11(14)2)13(7-20)19(21)22-18(10)12-4-5-15-16(6-12)26-9-25-15/h4-6,8H,9H2,1-3H3,(H2,21,22). The third-order valence-corrected chi connectivity index (χ3v) is 4.51. The molecule has 0 aliphatic carbocycles. The van der Waals surface area contributed by atoms with Crippen molar-refractivity contribution in [3.8, 4) is 40.0 Å². The lowest BCUT2D eigenvalue weighted by Crippen LogP contribution is -2.03. The van der Waals surface area contributed by atoms with Crippen molar-refractivity contribution in [1.82, 2.24) is 14.8 Å². The Balaban J connectivity index is 1.98. The molecule has 3 aromatic rings. The molecular weight excluding hydrogens is 330 g/mol. The minimum absolute atomic E-state index is 0.198. The van der Waals surface area contributed by atoms with Crippen molar-refractivity contribution < 1.29 is 9.47 Å². The zero-order chi connectivity index (χ0) is 18.4. The highest BCUT2D eigenvalue weighted by molar-refractivity contribution is 5.85. The van der Waals surface area contributed by atoms with Crippen LogP contribution in [0.15, 0.2) is 24.4 Å². The maximum absolute atomic E-state index is 9.64. The Kier molecular flexibility index (Phi) is 3.55. The Morgan fingerprint density at radius 1 is 1.23 bits per heavy atom. The number of aryl methyl sites for hydroxylation is 2. The second-order valence-corrected chi connectivity index (χ2v) is 6.20. The van der Waals surface area contributed by atoms with Crippen LogP contribution < -0.4 is 15.2 Å². The molecule has 0 fully saturated rings. The first-order valence-electron chi connectivity index (χ1n) is 8.10. The second-order valence-electron chi connectivity index (χ2n) is 6.20. The Labute approximate surface area is 150 Å². The fraction of sp³-hybridized carbons (Fsp3) is 0.211. The third kappa shape index (κ3) is 2.35. The Morgan fingerprint density at radius 3 is 2.69 bits per heavy atom. The highest BCUT2D eigenvalue weighted by Gasteiger charge is 2.22. The number of rotatable bonds is 2. The predicted octanol–water partition coefficient (Wildman–Crippen LogP) is 2.95.